The monoisotopic (exact) mass is 789 g/mol. The first-order chi connectivity index (χ1) is 26.6. The summed E-state index contributed by atoms with van der Waals surface area (Å²) in [5.41, 5.74) is 9.18. The Morgan fingerprint density at radius 3 is 1.31 bits per heavy atom. The van der Waals surface area contributed by atoms with Gasteiger partial charge in [0, 0.05) is 17.9 Å². The van der Waals surface area contributed by atoms with E-state index in [0.29, 0.717) is 6.42 Å². The Bertz CT molecular complexity index is 927. The van der Waals surface area contributed by atoms with E-state index >= 15 is 0 Å². The normalized spacial score (nSPS) is 13.3. The molecule has 55 heavy (non-hydrogen) atoms. The van der Waals surface area contributed by atoms with Crippen molar-refractivity contribution in [2.75, 3.05) is 6.54 Å². The van der Waals surface area contributed by atoms with Crippen molar-refractivity contribution in [2.45, 2.75) is 283 Å². The number of amides is 1. The van der Waals surface area contributed by atoms with Crippen LogP contribution in [-0.2, 0) is 9.22 Å². The first-order valence-corrected chi connectivity index (χ1v) is 27.1. The fraction of sp³-hybridized carbons (Fsp3) is 0.938. The van der Waals surface area contributed by atoms with Crippen LogP contribution in [0.3, 0.4) is 0 Å². The van der Waals surface area contributed by atoms with Crippen LogP contribution in [0.2, 0.25) is 18.1 Å². The molecule has 0 aliphatic heterocycles. The molecule has 0 unspecified atom stereocenters. The molecule has 0 spiro atoms. The second-order valence-corrected chi connectivity index (χ2v) is 23.3. The van der Waals surface area contributed by atoms with Gasteiger partial charge in [-0.1, -0.05) is 245 Å². The van der Waals surface area contributed by atoms with Crippen LogP contribution in [0.15, 0.2) is 17.3 Å². The van der Waals surface area contributed by atoms with Gasteiger partial charge in [0.25, 0.3) is 0 Å². The molecule has 0 heterocycles. The predicted molar refractivity (Wildman–Crippen MR) is 245 cm³/mol. The molecule has 0 aromatic rings. The molecule has 0 aliphatic rings. The highest BCUT2D eigenvalue weighted by atomic mass is 28.4. The summed E-state index contributed by atoms with van der Waals surface area (Å²) in [6, 6.07) is -0.360. The lowest BCUT2D eigenvalue weighted by Crippen LogP contribution is -2.52. The molecule has 1 N–H and O–H groups in total. The number of nitrogens with one attached hydrogen (secondary N) is 1. The van der Waals surface area contributed by atoms with E-state index in [-0.39, 0.29) is 29.6 Å². The molecule has 0 fully saturated rings. The van der Waals surface area contributed by atoms with Gasteiger partial charge in [-0.05, 0) is 42.9 Å². The van der Waals surface area contributed by atoms with Crippen LogP contribution in [0.4, 0.5) is 0 Å². The lowest BCUT2D eigenvalue weighted by atomic mass is 10.0. The van der Waals surface area contributed by atoms with Crippen molar-refractivity contribution < 1.29 is 9.22 Å². The number of nitrogens with zero attached hydrogens (tertiary/aromatic N) is 3. The zero-order valence-electron chi connectivity index (χ0n) is 38.2. The predicted octanol–water partition coefficient (Wildman–Crippen LogP) is 17.0. The maximum atomic E-state index is 13.2. The van der Waals surface area contributed by atoms with Gasteiger partial charge < -0.3 is 9.74 Å². The highest BCUT2D eigenvalue weighted by molar-refractivity contribution is 6.74. The van der Waals surface area contributed by atoms with Gasteiger partial charge in [0.15, 0.2) is 8.32 Å². The van der Waals surface area contributed by atoms with E-state index in [2.05, 4.69) is 75.2 Å². The average Bonchev–Trinajstić information content (AvgIpc) is 3.14. The first-order valence-electron chi connectivity index (χ1n) is 24.2. The molecule has 0 aliphatic carbocycles. The van der Waals surface area contributed by atoms with Crippen molar-refractivity contribution >= 4 is 14.2 Å². The van der Waals surface area contributed by atoms with Gasteiger partial charge in [-0.2, -0.15) is 0 Å². The van der Waals surface area contributed by atoms with E-state index in [0.717, 1.165) is 19.3 Å². The Kier molecular flexibility index (Phi) is 37.3. The Labute approximate surface area is 345 Å². The average molecular weight is 789 g/mol. The molecule has 6 nitrogen and oxygen atoms in total. The number of azide groups is 1. The van der Waals surface area contributed by atoms with Crippen molar-refractivity contribution in [3.8, 4) is 0 Å². The van der Waals surface area contributed by atoms with E-state index in [1.165, 1.54) is 193 Å². The maximum Gasteiger partial charge on any atom is 0.220 e. The van der Waals surface area contributed by atoms with Gasteiger partial charge >= 0.3 is 0 Å². The zero-order chi connectivity index (χ0) is 40.7. The minimum absolute atomic E-state index is 0.0360. The Balaban J connectivity index is 4.38. The number of allylic oxidation sites excluding steroid dienone is 1. The zero-order valence-corrected chi connectivity index (χ0v) is 39.2. The van der Waals surface area contributed by atoms with Crippen molar-refractivity contribution in [1.29, 1.82) is 0 Å². The molecule has 0 saturated heterocycles. The summed E-state index contributed by atoms with van der Waals surface area (Å²) in [7, 11) is -2.13. The molecule has 7 heteroatoms. The van der Waals surface area contributed by atoms with Gasteiger partial charge in [-0.15, -0.1) is 0 Å². The second kappa shape index (κ2) is 38.2. The number of hydrogen-bond donors (Lipinski definition) is 1. The largest absolute Gasteiger partial charge is 0.408 e. The Morgan fingerprint density at radius 2 is 0.964 bits per heavy atom. The van der Waals surface area contributed by atoms with Gasteiger partial charge in [-0.3, -0.25) is 4.79 Å². The third kappa shape index (κ3) is 34.5. The maximum absolute atomic E-state index is 13.2. The number of rotatable bonds is 41. The minimum Gasteiger partial charge on any atom is -0.408 e. The van der Waals surface area contributed by atoms with Crippen LogP contribution < -0.4 is 5.32 Å². The molecular weight excluding hydrogens is 693 g/mol. The van der Waals surface area contributed by atoms with Crippen molar-refractivity contribution in [3.63, 3.8) is 0 Å². The fourth-order valence-electron chi connectivity index (χ4n) is 7.28. The number of carbonyl (C=O) groups is 1. The standard InChI is InChI=1S/C48H96N4O2Si/c1-8-10-12-14-16-18-20-22-23-24-25-26-27-28-29-31-33-35-37-39-41-43-47(53)51-45(44-50-52-49)46(54-55(6,7)48(3,4)5)42-40-38-36-34-32-30-21-19-17-15-13-11-9-2/h40,42,45-46H,8-39,41,43-44H2,1-7H3,(H,51,53)/b42-40+/t45-,46+/m0/s1. The van der Waals surface area contributed by atoms with E-state index in [1.807, 2.05) is 0 Å². The van der Waals surface area contributed by atoms with Gasteiger partial charge in [-0.25, -0.2) is 0 Å². The summed E-state index contributed by atoms with van der Waals surface area (Å²) in [6.07, 6.45) is 48.8. The summed E-state index contributed by atoms with van der Waals surface area (Å²) < 4.78 is 6.87. The van der Waals surface area contributed by atoms with Crippen molar-refractivity contribution in [2.24, 2.45) is 5.11 Å². The fourth-order valence-corrected chi connectivity index (χ4v) is 8.56. The molecular formula is C48H96N4O2Si. The molecule has 0 aromatic carbocycles. The lowest BCUT2D eigenvalue weighted by Gasteiger charge is -2.40. The second-order valence-electron chi connectivity index (χ2n) is 18.5. The Morgan fingerprint density at radius 1 is 0.618 bits per heavy atom. The van der Waals surface area contributed by atoms with Crippen LogP contribution in [0.25, 0.3) is 10.4 Å². The molecule has 2 atom stereocenters. The van der Waals surface area contributed by atoms with Crippen LogP contribution in [0, 0.1) is 0 Å². The molecule has 0 rings (SSSR count). The summed E-state index contributed by atoms with van der Waals surface area (Å²) in [5, 5.41) is 7.17. The molecule has 324 valence electrons. The highest BCUT2D eigenvalue weighted by Gasteiger charge is 2.40. The molecule has 0 aromatic heterocycles. The van der Waals surface area contributed by atoms with Gasteiger partial charge in [0.05, 0.1) is 12.1 Å². The van der Waals surface area contributed by atoms with E-state index in [9.17, 15) is 10.3 Å². The van der Waals surface area contributed by atoms with Crippen molar-refractivity contribution in [1.82, 2.24) is 5.32 Å². The van der Waals surface area contributed by atoms with Gasteiger partial charge in [0.1, 0.15) is 0 Å². The molecule has 0 radical (unpaired) electrons. The van der Waals surface area contributed by atoms with Crippen LogP contribution in [0.5, 0.6) is 0 Å². The van der Waals surface area contributed by atoms with Crippen LogP contribution >= 0.6 is 0 Å². The van der Waals surface area contributed by atoms with E-state index in [4.69, 9.17) is 4.43 Å². The summed E-state index contributed by atoms with van der Waals surface area (Å²) in [5.74, 6) is 0.0403. The third-order valence-electron chi connectivity index (χ3n) is 12.1. The van der Waals surface area contributed by atoms with E-state index in [1.54, 1.807) is 0 Å². The molecule has 0 bridgehead atoms. The first kappa shape index (κ1) is 53.7. The number of unbranched alkanes of at least 4 members (excludes halogenated alkanes) is 31. The topological polar surface area (TPSA) is 87.1 Å². The minimum atomic E-state index is -2.13. The van der Waals surface area contributed by atoms with Crippen molar-refractivity contribution in [3.05, 3.63) is 22.6 Å². The number of carbonyl (C=O) groups excluding carboxylic acids is 1. The smallest absolute Gasteiger partial charge is 0.220 e. The summed E-state index contributed by atoms with van der Waals surface area (Å²) in [4.78, 5) is 16.2. The van der Waals surface area contributed by atoms with Crippen LogP contribution in [0.1, 0.15) is 253 Å². The Hall–Kier alpha value is -1.30. The van der Waals surface area contributed by atoms with Crippen LogP contribution in [-0.4, -0.2) is 32.9 Å². The SMILES string of the molecule is CCCCCCCCCCCCC/C=C/[C@@H](O[Si](C)(C)C(C)(C)C)[C@H](CN=[N+]=[N-])NC(=O)CCCCCCCCCCCCCCCCCCCCCCC. The van der Waals surface area contributed by atoms with E-state index < -0.39 is 8.32 Å². The third-order valence-corrected chi connectivity index (χ3v) is 16.6. The highest BCUT2D eigenvalue weighted by Crippen LogP contribution is 2.38. The lowest BCUT2D eigenvalue weighted by molar-refractivity contribution is -0.122. The summed E-state index contributed by atoms with van der Waals surface area (Å²) in [6.45, 7) is 16.0. The number of hydrogen-bond acceptors (Lipinski definition) is 3. The van der Waals surface area contributed by atoms with Gasteiger partial charge in [0.2, 0.25) is 5.91 Å². The molecule has 1 amide bonds. The molecule has 0 saturated carbocycles. The quantitative estimate of drug-likeness (QED) is 0.0167. The summed E-state index contributed by atoms with van der Waals surface area (Å²) >= 11 is 0.